The van der Waals surface area contributed by atoms with Gasteiger partial charge in [0.05, 0.1) is 11.0 Å². The van der Waals surface area contributed by atoms with Crippen LogP contribution in [0.15, 0.2) is 16.5 Å². The average Bonchev–Trinajstić information content (AvgIpc) is 2.31. The zero-order chi connectivity index (χ0) is 7.40. The highest BCUT2D eigenvalue weighted by molar-refractivity contribution is 7.99. The van der Waals surface area contributed by atoms with E-state index in [9.17, 15) is 0 Å². The maximum Gasteiger partial charge on any atom is 0.193 e. The quantitative estimate of drug-likeness (QED) is 0.689. The molecule has 1 aromatic heterocycles. The number of hydrogen-bond acceptors (Lipinski definition) is 2. The minimum Gasteiger partial charge on any atom is -0.449 e. The molecule has 0 aromatic carbocycles. The molecule has 0 aliphatic carbocycles. The SMILES string of the molecule is ClCSCc1ccc(Cl)o1. The predicted octanol–water partition coefficient (Wildman–Crippen LogP) is 3.36. The Morgan fingerprint density at radius 2 is 2.30 bits per heavy atom. The summed E-state index contributed by atoms with van der Waals surface area (Å²) < 4.78 is 5.07. The van der Waals surface area contributed by atoms with E-state index in [4.69, 9.17) is 27.6 Å². The third-order valence-electron chi connectivity index (χ3n) is 0.950. The fraction of sp³-hybridized carbons (Fsp3) is 0.333. The average molecular weight is 197 g/mol. The highest BCUT2D eigenvalue weighted by Gasteiger charge is 1.97. The third-order valence-corrected chi connectivity index (χ3v) is 2.26. The summed E-state index contributed by atoms with van der Waals surface area (Å²) in [5.41, 5.74) is 0. The predicted molar refractivity (Wildman–Crippen MR) is 45.7 cm³/mol. The van der Waals surface area contributed by atoms with Crippen LogP contribution in [0.4, 0.5) is 0 Å². The molecule has 1 heterocycles. The number of halogens is 2. The fourth-order valence-corrected chi connectivity index (χ4v) is 1.40. The van der Waals surface area contributed by atoms with Gasteiger partial charge in [0.2, 0.25) is 0 Å². The Balaban J connectivity index is 2.42. The Labute approximate surface area is 73.7 Å². The molecule has 1 nitrogen and oxygen atoms in total. The van der Waals surface area contributed by atoms with Crippen LogP contribution in [0.1, 0.15) is 5.76 Å². The molecule has 0 bridgehead atoms. The Morgan fingerprint density at radius 3 is 2.80 bits per heavy atom. The van der Waals surface area contributed by atoms with Crippen LogP contribution in [0.5, 0.6) is 0 Å². The summed E-state index contributed by atoms with van der Waals surface area (Å²) in [6.45, 7) is 0. The van der Waals surface area contributed by atoms with Crippen LogP contribution >= 0.6 is 35.0 Å². The van der Waals surface area contributed by atoms with Gasteiger partial charge in [0.25, 0.3) is 0 Å². The van der Waals surface area contributed by atoms with Crippen molar-refractivity contribution in [3.8, 4) is 0 Å². The minimum atomic E-state index is 0.435. The molecule has 0 aliphatic heterocycles. The Kier molecular flexibility index (Phi) is 3.46. The van der Waals surface area contributed by atoms with Crippen LogP contribution < -0.4 is 0 Å². The van der Waals surface area contributed by atoms with Crippen molar-refractivity contribution in [2.75, 3.05) is 5.21 Å². The molecule has 0 radical (unpaired) electrons. The molecule has 0 amide bonds. The van der Waals surface area contributed by atoms with E-state index in [2.05, 4.69) is 0 Å². The first-order valence-electron chi connectivity index (χ1n) is 2.71. The van der Waals surface area contributed by atoms with Gasteiger partial charge < -0.3 is 4.42 Å². The van der Waals surface area contributed by atoms with E-state index in [1.807, 2.05) is 6.07 Å². The molecule has 0 N–H and O–H groups in total. The van der Waals surface area contributed by atoms with Crippen molar-refractivity contribution in [3.05, 3.63) is 23.1 Å². The van der Waals surface area contributed by atoms with E-state index >= 15 is 0 Å². The minimum absolute atomic E-state index is 0.435. The number of hydrogen-bond donors (Lipinski definition) is 0. The van der Waals surface area contributed by atoms with Crippen molar-refractivity contribution in [2.24, 2.45) is 0 Å². The lowest BCUT2D eigenvalue weighted by atomic mass is 10.5. The van der Waals surface area contributed by atoms with E-state index in [0.29, 0.717) is 10.4 Å². The van der Waals surface area contributed by atoms with Crippen LogP contribution in [0.25, 0.3) is 0 Å². The van der Waals surface area contributed by atoms with E-state index in [-0.39, 0.29) is 0 Å². The summed E-state index contributed by atoms with van der Waals surface area (Å²) in [7, 11) is 0. The molecule has 1 rings (SSSR count). The number of thioether (sulfide) groups is 1. The summed E-state index contributed by atoms with van der Waals surface area (Å²) in [6.07, 6.45) is 0. The van der Waals surface area contributed by atoms with Gasteiger partial charge in [0.1, 0.15) is 5.76 Å². The summed E-state index contributed by atoms with van der Waals surface area (Å²) >= 11 is 12.6. The molecule has 4 heteroatoms. The van der Waals surface area contributed by atoms with Gasteiger partial charge in [-0.05, 0) is 23.7 Å². The molecule has 0 saturated carbocycles. The maximum absolute atomic E-state index is 5.53. The lowest BCUT2D eigenvalue weighted by Crippen LogP contribution is -1.72. The molecule has 0 saturated heterocycles. The molecule has 0 fully saturated rings. The molecular weight excluding hydrogens is 191 g/mol. The van der Waals surface area contributed by atoms with Crippen LogP contribution in [0.3, 0.4) is 0 Å². The van der Waals surface area contributed by atoms with Gasteiger partial charge in [-0.1, -0.05) is 0 Å². The smallest absolute Gasteiger partial charge is 0.193 e. The van der Waals surface area contributed by atoms with Crippen LogP contribution in [-0.2, 0) is 5.75 Å². The summed E-state index contributed by atoms with van der Waals surface area (Å²) in [6, 6.07) is 3.58. The van der Waals surface area contributed by atoms with Gasteiger partial charge in [-0.25, -0.2) is 0 Å². The molecule has 1 aromatic rings. The van der Waals surface area contributed by atoms with Crippen molar-refractivity contribution < 1.29 is 4.42 Å². The summed E-state index contributed by atoms with van der Waals surface area (Å²) in [5, 5.41) is 1.02. The Bertz CT molecular complexity index is 199. The van der Waals surface area contributed by atoms with E-state index in [1.54, 1.807) is 17.8 Å². The lowest BCUT2D eigenvalue weighted by molar-refractivity contribution is 0.532. The topological polar surface area (TPSA) is 13.1 Å². The van der Waals surface area contributed by atoms with Gasteiger partial charge in [0.15, 0.2) is 5.22 Å². The first kappa shape index (κ1) is 8.31. The Morgan fingerprint density at radius 1 is 1.50 bits per heavy atom. The van der Waals surface area contributed by atoms with Crippen molar-refractivity contribution >= 4 is 35.0 Å². The van der Waals surface area contributed by atoms with Crippen molar-refractivity contribution in [1.82, 2.24) is 0 Å². The maximum atomic E-state index is 5.53. The molecular formula is C6H6Cl2OS. The normalized spacial score (nSPS) is 10.2. The second-order valence-electron chi connectivity index (χ2n) is 1.66. The molecule has 0 unspecified atom stereocenters. The van der Waals surface area contributed by atoms with Gasteiger partial charge in [-0.15, -0.1) is 23.4 Å². The van der Waals surface area contributed by atoms with Crippen LogP contribution in [-0.4, -0.2) is 5.21 Å². The highest BCUT2D eigenvalue weighted by Crippen LogP contribution is 2.18. The largest absolute Gasteiger partial charge is 0.449 e. The van der Waals surface area contributed by atoms with Crippen LogP contribution in [0.2, 0.25) is 5.22 Å². The number of furan rings is 1. The summed E-state index contributed by atoms with van der Waals surface area (Å²) in [5.74, 6) is 1.66. The zero-order valence-electron chi connectivity index (χ0n) is 5.14. The van der Waals surface area contributed by atoms with E-state index in [1.165, 1.54) is 0 Å². The van der Waals surface area contributed by atoms with Crippen molar-refractivity contribution in [2.45, 2.75) is 5.75 Å². The van der Waals surface area contributed by atoms with Gasteiger partial charge in [-0.3, -0.25) is 0 Å². The van der Waals surface area contributed by atoms with Crippen LogP contribution in [0, 0.1) is 0 Å². The lowest BCUT2D eigenvalue weighted by Gasteiger charge is -1.90. The van der Waals surface area contributed by atoms with Gasteiger partial charge in [0, 0.05) is 0 Å². The van der Waals surface area contributed by atoms with E-state index in [0.717, 1.165) is 11.5 Å². The molecule has 0 aliphatic rings. The van der Waals surface area contributed by atoms with E-state index < -0.39 is 0 Å². The highest BCUT2D eigenvalue weighted by atomic mass is 35.5. The van der Waals surface area contributed by atoms with Crippen molar-refractivity contribution in [1.29, 1.82) is 0 Å². The molecule has 0 atom stereocenters. The number of rotatable bonds is 3. The third kappa shape index (κ3) is 2.45. The van der Waals surface area contributed by atoms with Gasteiger partial charge >= 0.3 is 0 Å². The molecule has 56 valence electrons. The van der Waals surface area contributed by atoms with Gasteiger partial charge in [-0.2, -0.15) is 0 Å². The number of alkyl halides is 1. The standard InChI is InChI=1S/C6H6Cl2OS/c7-4-10-3-5-1-2-6(8)9-5/h1-2H,3-4H2. The monoisotopic (exact) mass is 196 g/mol. The molecule has 10 heavy (non-hydrogen) atoms. The molecule has 0 spiro atoms. The second-order valence-corrected chi connectivity index (χ2v) is 3.61. The fourth-order valence-electron chi connectivity index (χ4n) is 0.568. The van der Waals surface area contributed by atoms with Crippen molar-refractivity contribution in [3.63, 3.8) is 0 Å². The zero-order valence-corrected chi connectivity index (χ0v) is 7.47. The first-order valence-corrected chi connectivity index (χ1v) is 4.77. The first-order chi connectivity index (χ1) is 4.83. The second kappa shape index (κ2) is 4.16. The Hall–Kier alpha value is 0.210. The summed E-state index contributed by atoms with van der Waals surface area (Å²) in [4.78, 5) is 0.